The monoisotopic (exact) mass is 194 g/mol. The van der Waals surface area contributed by atoms with Crippen molar-refractivity contribution in [2.24, 2.45) is 17.8 Å². The smallest absolute Gasteiger partial charge is 0.123 e. The highest BCUT2D eigenvalue weighted by Gasteiger charge is 2.31. The van der Waals surface area contributed by atoms with Gasteiger partial charge in [0.25, 0.3) is 0 Å². The average Bonchev–Trinajstić information content (AvgIpc) is 2.30. The van der Waals surface area contributed by atoms with Crippen LogP contribution in [0.3, 0.4) is 0 Å². The average molecular weight is 194 g/mol. The first-order valence-corrected chi connectivity index (χ1v) is 6.37. The van der Waals surface area contributed by atoms with Gasteiger partial charge in [0.1, 0.15) is 6.29 Å². The zero-order valence-electron chi connectivity index (χ0n) is 9.08. The highest BCUT2D eigenvalue weighted by Crippen LogP contribution is 2.40. The lowest BCUT2D eigenvalue weighted by molar-refractivity contribution is -0.114. The number of carbonyl (C=O) groups is 1. The van der Waals surface area contributed by atoms with Gasteiger partial charge in [-0.25, -0.2) is 0 Å². The minimum absolute atomic E-state index is 0.409. The Hall–Kier alpha value is -0.330. The van der Waals surface area contributed by atoms with Gasteiger partial charge in [0.2, 0.25) is 0 Å². The second kappa shape index (κ2) is 4.95. The van der Waals surface area contributed by atoms with Crippen molar-refractivity contribution in [3.8, 4) is 0 Å². The fourth-order valence-corrected chi connectivity index (χ4v) is 3.50. The summed E-state index contributed by atoms with van der Waals surface area (Å²) in [5, 5.41) is 0. The predicted octanol–water partition coefficient (Wildman–Crippen LogP) is 3.57. The molecule has 14 heavy (non-hydrogen) atoms. The molecule has 0 aromatic rings. The molecule has 0 saturated heterocycles. The van der Waals surface area contributed by atoms with Gasteiger partial charge in [0.15, 0.2) is 0 Å². The zero-order valence-corrected chi connectivity index (χ0v) is 9.08. The molecule has 0 radical (unpaired) electrons. The summed E-state index contributed by atoms with van der Waals surface area (Å²) in [6.45, 7) is 0. The van der Waals surface area contributed by atoms with Gasteiger partial charge >= 0.3 is 0 Å². The number of aldehydes is 1. The fraction of sp³-hybridized carbons (Fsp3) is 0.923. The molecule has 0 aromatic heterocycles. The molecule has 80 valence electrons. The standard InChI is InChI=1S/C13H22O/c14-10-12-8-4-5-9-13(12)11-6-2-1-3-7-11/h10-13H,1-9H2. The van der Waals surface area contributed by atoms with Crippen LogP contribution in [0.1, 0.15) is 57.8 Å². The van der Waals surface area contributed by atoms with Crippen molar-refractivity contribution < 1.29 is 4.79 Å². The van der Waals surface area contributed by atoms with Crippen molar-refractivity contribution in [3.63, 3.8) is 0 Å². The van der Waals surface area contributed by atoms with E-state index in [1.807, 2.05) is 0 Å². The van der Waals surface area contributed by atoms with Crippen molar-refractivity contribution in [2.45, 2.75) is 57.8 Å². The summed E-state index contributed by atoms with van der Waals surface area (Å²) < 4.78 is 0. The van der Waals surface area contributed by atoms with Crippen molar-refractivity contribution in [1.29, 1.82) is 0 Å². The summed E-state index contributed by atoms with van der Waals surface area (Å²) in [5.41, 5.74) is 0. The Bertz CT molecular complexity index is 182. The fourth-order valence-electron chi connectivity index (χ4n) is 3.50. The maximum atomic E-state index is 11.0. The lowest BCUT2D eigenvalue weighted by Crippen LogP contribution is -2.29. The third kappa shape index (κ3) is 2.18. The molecular weight excluding hydrogens is 172 g/mol. The highest BCUT2D eigenvalue weighted by molar-refractivity contribution is 5.54. The maximum absolute atomic E-state index is 11.0. The van der Waals surface area contributed by atoms with Gasteiger partial charge < -0.3 is 4.79 Å². The van der Waals surface area contributed by atoms with Gasteiger partial charge in [-0.3, -0.25) is 0 Å². The van der Waals surface area contributed by atoms with Gasteiger partial charge in [0.05, 0.1) is 0 Å². The Balaban J connectivity index is 1.94. The van der Waals surface area contributed by atoms with E-state index in [2.05, 4.69) is 0 Å². The zero-order chi connectivity index (χ0) is 9.80. The first-order valence-electron chi connectivity index (χ1n) is 6.37. The van der Waals surface area contributed by atoms with Crippen LogP contribution in [0.15, 0.2) is 0 Å². The molecule has 2 fully saturated rings. The quantitative estimate of drug-likeness (QED) is 0.614. The first-order chi connectivity index (χ1) is 6.92. The van der Waals surface area contributed by atoms with Gasteiger partial charge in [-0.05, 0) is 24.7 Å². The third-order valence-electron chi connectivity index (χ3n) is 4.30. The van der Waals surface area contributed by atoms with Crippen LogP contribution in [0.4, 0.5) is 0 Å². The maximum Gasteiger partial charge on any atom is 0.123 e. The topological polar surface area (TPSA) is 17.1 Å². The number of rotatable bonds is 2. The van der Waals surface area contributed by atoms with Crippen LogP contribution in [0, 0.1) is 17.8 Å². The predicted molar refractivity (Wildman–Crippen MR) is 58.1 cm³/mol. The highest BCUT2D eigenvalue weighted by atomic mass is 16.1. The molecule has 0 amide bonds. The van der Waals surface area contributed by atoms with Gasteiger partial charge in [-0.15, -0.1) is 0 Å². The van der Waals surface area contributed by atoms with Gasteiger partial charge in [-0.1, -0.05) is 44.9 Å². The van der Waals surface area contributed by atoms with E-state index in [1.165, 1.54) is 64.1 Å². The SMILES string of the molecule is O=CC1CCCCC1C1CCCCC1. The Labute approximate surface area is 87.3 Å². The van der Waals surface area contributed by atoms with Crippen LogP contribution in [0.25, 0.3) is 0 Å². The van der Waals surface area contributed by atoms with E-state index in [-0.39, 0.29) is 0 Å². The van der Waals surface area contributed by atoms with Crippen LogP contribution < -0.4 is 0 Å². The summed E-state index contributed by atoms with van der Waals surface area (Å²) in [5.74, 6) is 2.05. The van der Waals surface area contributed by atoms with E-state index in [1.54, 1.807) is 0 Å². The van der Waals surface area contributed by atoms with Crippen LogP contribution in [-0.4, -0.2) is 6.29 Å². The van der Waals surface area contributed by atoms with Crippen molar-refractivity contribution >= 4 is 6.29 Å². The molecule has 1 heteroatoms. The van der Waals surface area contributed by atoms with Crippen molar-refractivity contribution in [3.05, 3.63) is 0 Å². The second-order valence-corrected chi connectivity index (χ2v) is 5.15. The second-order valence-electron chi connectivity index (χ2n) is 5.15. The Morgan fingerprint density at radius 2 is 1.43 bits per heavy atom. The molecule has 2 unspecified atom stereocenters. The molecule has 0 bridgehead atoms. The van der Waals surface area contributed by atoms with Crippen LogP contribution >= 0.6 is 0 Å². The molecule has 0 aliphatic heterocycles. The molecule has 2 atom stereocenters. The third-order valence-corrected chi connectivity index (χ3v) is 4.30. The van der Waals surface area contributed by atoms with Gasteiger partial charge in [-0.2, -0.15) is 0 Å². The molecule has 2 aliphatic carbocycles. The molecule has 2 rings (SSSR count). The largest absolute Gasteiger partial charge is 0.303 e. The summed E-state index contributed by atoms with van der Waals surface area (Å²) in [6, 6.07) is 0. The minimum atomic E-state index is 0.409. The van der Waals surface area contributed by atoms with E-state index in [0.717, 1.165) is 11.8 Å². The van der Waals surface area contributed by atoms with E-state index >= 15 is 0 Å². The number of hydrogen-bond acceptors (Lipinski definition) is 1. The number of hydrogen-bond donors (Lipinski definition) is 0. The van der Waals surface area contributed by atoms with E-state index in [4.69, 9.17) is 0 Å². The number of carbonyl (C=O) groups excluding carboxylic acids is 1. The van der Waals surface area contributed by atoms with E-state index in [0.29, 0.717) is 5.92 Å². The molecule has 0 N–H and O–H groups in total. The molecule has 2 saturated carbocycles. The summed E-state index contributed by atoms with van der Waals surface area (Å²) >= 11 is 0. The summed E-state index contributed by atoms with van der Waals surface area (Å²) in [7, 11) is 0. The first kappa shape index (κ1) is 10.2. The van der Waals surface area contributed by atoms with Crippen LogP contribution in [0.5, 0.6) is 0 Å². The van der Waals surface area contributed by atoms with E-state index < -0.39 is 0 Å². The van der Waals surface area contributed by atoms with Crippen molar-refractivity contribution in [2.75, 3.05) is 0 Å². The lowest BCUT2D eigenvalue weighted by atomic mass is 9.68. The minimum Gasteiger partial charge on any atom is -0.303 e. The lowest BCUT2D eigenvalue weighted by Gasteiger charge is -2.36. The van der Waals surface area contributed by atoms with Crippen molar-refractivity contribution in [1.82, 2.24) is 0 Å². The summed E-state index contributed by atoms with van der Waals surface area (Å²) in [6.07, 6.45) is 13.4. The summed E-state index contributed by atoms with van der Waals surface area (Å²) in [4.78, 5) is 11.0. The molecule has 0 aromatic carbocycles. The van der Waals surface area contributed by atoms with E-state index in [9.17, 15) is 4.79 Å². The van der Waals surface area contributed by atoms with Crippen LogP contribution in [0.2, 0.25) is 0 Å². The molecule has 1 nitrogen and oxygen atoms in total. The Morgan fingerprint density at radius 3 is 2.14 bits per heavy atom. The molecule has 0 spiro atoms. The normalized spacial score (nSPS) is 35.4. The molecule has 0 heterocycles. The Morgan fingerprint density at radius 1 is 0.786 bits per heavy atom. The molecular formula is C13H22O. The van der Waals surface area contributed by atoms with Crippen LogP contribution in [-0.2, 0) is 4.79 Å². The van der Waals surface area contributed by atoms with Gasteiger partial charge in [0, 0.05) is 5.92 Å². The Kier molecular flexibility index (Phi) is 3.61. The molecule has 2 aliphatic rings.